The normalized spacial score (nSPS) is 15.6. The zero-order valence-electron chi connectivity index (χ0n) is 17.5. The lowest BCUT2D eigenvalue weighted by Gasteiger charge is -2.12. The summed E-state index contributed by atoms with van der Waals surface area (Å²) in [5, 5.41) is 4.90. The number of hydrogen-bond acceptors (Lipinski definition) is 6. The maximum absolute atomic E-state index is 11.6. The Balaban J connectivity index is 1.29. The molecule has 0 bridgehead atoms. The molecule has 0 radical (unpaired) electrons. The van der Waals surface area contributed by atoms with Gasteiger partial charge in [-0.05, 0) is 35.7 Å². The van der Waals surface area contributed by atoms with Crippen LogP contribution in [0.25, 0.3) is 10.9 Å². The molecule has 0 saturated carbocycles. The number of nitrogens with zero attached hydrogens (tertiary/aromatic N) is 2. The van der Waals surface area contributed by atoms with Crippen LogP contribution in [-0.4, -0.2) is 36.2 Å². The molecule has 1 aliphatic heterocycles. The Morgan fingerprint density at radius 1 is 1.16 bits per heavy atom. The highest BCUT2D eigenvalue weighted by Crippen LogP contribution is 2.48. The molecule has 0 spiro atoms. The van der Waals surface area contributed by atoms with Gasteiger partial charge in [0.2, 0.25) is 10.0 Å². The number of benzene rings is 2. The van der Waals surface area contributed by atoms with Gasteiger partial charge in [0.05, 0.1) is 16.8 Å². The van der Waals surface area contributed by atoms with Crippen molar-refractivity contribution in [3.63, 3.8) is 0 Å². The number of sulfonamides is 1. The van der Waals surface area contributed by atoms with E-state index in [0.29, 0.717) is 5.69 Å². The summed E-state index contributed by atoms with van der Waals surface area (Å²) >= 11 is 1.72. The largest absolute Gasteiger partial charge is 0.369 e. The van der Waals surface area contributed by atoms with E-state index in [1.54, 1.807) is 24.2 Å². The van der Waals surface area contributed by atoms with Gasteiger partial charge in [-0.1, -0.05) is 30.3 Å². The number of rotatable bonds is 7. The van der Waals surface area contributed by atoms with Crippen LogP contribution >= 0.6 is 11.8 Å². The van der Waals surface area contributed by atoms with E-state index in [-0.39, 0.29) is 5.25 Å². The number of aromatic nitrogens is 3. The minimum Gasteiger partial charge on any atom is -0.369 e. The molecule has 2 aromatic carbocycles. The molecule has 32 heavy (non-hydrogen) atoms. The lowest BCUT2D eigenvalue weighted by atomic mass is 10.1. The minimum absolute atomic E-state index is 0.164. The molecule has 7 nitrogen and oxygen atoms in total. The molecule has 9 heteroatoms. The molecule has 0 aliphatic carbocycles. The van der Waals surface area contributed by atoms with Crippen LogP contribution in [0.5, 0.6) is 0 Å². The Hall–Kier alpha value is -3.04. The lowest BCUT2D eigenvalue weighted by molar-refractivity contribution is 0.607. The Morgan fingerprint density at radius 3 is 2.91 bits per heavy atom. The van der Waals surface area contributed by atoms with Crippen LogP contribution in [0.2, 0.25) is 0 Å². The number of nitrogens with one attached hydrogen (secondary N) is 3. The molecule has 4 aromatic rings. The highest BCUT2D eigenvalue weighted by atomic mass is 32.2. The Bertz CT molecular complexity index is 1380. The van der Waals surface area contributed by atoms with Crippen molar-refractivity contribution in [2.75, 3.05) is 22.8 Å². The topological polar surface area (TPSA) is 99.8 Å². The summed E-state index contributed by atoms with van der Waals surface area (Å²) in [6, 6.07) is 15.9. The molecule has 0 fully saturated rings. The third kappa shape index (κ3) is 4.44. The molecule has 164 valence electrons. The summed E-state index contributed by atoms with van der Waals surface area (Å²) in [5.41, 5.74) is 5.08. The number of hydrogen-bond donors (Lipinski definition) is 3. The van der Waals surface area contributed by atoms with Gasteiger partial charge in [-0.25, -0.2) is 18.4 Å². The van der Waals surface area contributed by atoms with E-state index in [1.165, 1.54) is 10.9 Å². The molecule has 0 amide bonds. The monoisotopic (exact) mass is 465 g/mol. The summed E-state index contributed by atoms with van der Waals surface area (Å²) in [5.74, 6) is 0.854. The summed E-state index contributed by atoms with van der Waals surface area (Å²) in [7, 11) is -3.31. The van der Waals surface area contributed by atoms with Gasteiger partial charge in [-0.3, -0.25) is 4.72 Å². The summed E-state index contributed by atoms with van der Waals surface area (Å²) in [6.45, 7) is 0.768. The van der Waals surface area contributed by atoms with Crippen LogP contribution in [0.4, 0.5) is 11.5 Å². The van der Waals surface area contributed by atoms with Crippen molar-refractivity contribution < 1.29 is 8.42 Å². The van der Waals surface area contributed by atoms with Gasteiger partial charge in [-0.2, -0.15) is 0 Å². The van der Waals surface area contributed by atoms with E-state index in [2.05, 4.69) is 49.4 Å². The van der Waals surface area contributed by atoms with Crippen LogP contribution in [0.15, 0.2) is 66.0 Å². The fraction of sp³-hybridized carbons (Fsp3) is 0.217. The van der Waals surface area contributed by atoms with Crippen LogP contribution in [0.1, 0.15) is 22.1 Å². The maximum Gasteiger partial charge on any atom is 0.229 e. The fourth-order valence-electron chi connectivity index (χ4n) is 4.02. The first kappa shape index (κ1) is 20.8. The van der Waals surface area contributed by atoms with Crippen molar-refractivity contribution in [3.8, 4) is 0 Å². The SMILES string of the molecule is CS(=O)(=O)Nc1cccc(C2Cc3ncnc(NCCc4c[nH]c5ccccc45)c3S2)c1. The standard InChI is InChI=1S/C23H23N5O2S2/c1-32(29,30)28-17-6-4-5-15(11-17)21-12-20-22(31-21)23(27-14-26-20)24-10-9-16-13-25-19-8-3-2-7-18(16)19/h2-8,11,13-14,21,25,28H,9-10,12H2,1H3,(H,24,26,27). The zero-order valence-corrected chi connectivity index (χ0v) is 19.1. The number of thioether (sulfide) groups is 1. The second-order valence-electron chi connectivity index (χ2n) is 7.84. The van der Waals surface area contributed by atoms with E-state index >= 15 is 0 Å². The molecule has 1 aliphatic rings. The molecule has 3 N–H and O–H groups in total. The summed E-state index contributed by atoms with van der Waals surface area (Å²) < 4.78 is 25.7. The molecular weight excluding hydrogens is 442 g/mol. The average Bonchev–Trinajstić information content (AvgIpc) is 3.38. The number of aromatic amines is 1. The molecule has 2 aromatic heterocycles. The van der Waals surface area contributed by atoms with Gasteiger partial charge in [0.15, 0.2) is 0 Å². The third-order valence-corrected chi connectivity index (χ3v) is 7.43. The van der Waals surface area contributed by atoms with E-state index in [4.69, 9.17) is 0 Å². The van der Waals surface area contributed by atoms with Gasteiger partial charge in [0.25, 0.3) is 0 Å². The first-order valence-corrected chi connectivity index (χ1v) is 13.1. The van der Waals surface area contributed by atoms with Gasteiger partial charge in [0.1, 0.15) is 12.1 Å². The van der Waals surface area contributed by atoms with E-state index in [0.717, 1.165) is 53.1 Å². The second kappa shape index (κ2) is 8.48. The van der Waals surface area contributed by atoms with Crippen LogP contribution in [0, 0.1) is 0 Å². The maximum atomic E-state index is 11.6. The van der Waals surface area contributed by atoms with Crippen molar-refractivity contribution >= 4 is 44.2 Å². The van der Waals surface area contributed by atoms with Crippen molar-refractivity contribution in [1.29, 1.82) is 0 Å². The van der Waals surface area contributed by atoms with Crippen molar-refractivity contribution in [1.82, 2.24) is 15.0 Å². The fourth-order valence-corrected chi connectivity index (χ4v) is 5.89. The van der Waals surface area contributed by atoms with Crippen molar-refractivity contribution in [2.24, 2.45) is 0 Å². The van der Waals surface area contributed by atoms with E-state index in [9.17, 15) is 8.42 Å². The van der Waals surface area contributed by atoms with Gasteiger partial charge in [-0.15, -0.1) is 11.8 Å². The van der Waals surface area contributed by atoms with Gasteiger partial charge >= 0.3 is 0 Å². The van der Waals surface area contributed by atoms with E-state index in [1.807, 2.05) is 24.3 Å². The first-order valence-electron chi connectivity index (χ1n) is 10.3. The number of H-pyrrole nitrogens is 1. The molecule has 5 rings (SSSR count). The predicted octanol–water partition coefficient (Wildman–Crippen LogP) is 4.37. The minimum atomic E-state index is -3.31. The summed E-state index contributed by atoms with van der Waals surface area (Å²) in [4.78, 5) is 13.4. The zero-order chi connectivity index (χ0) is 22.1. The predicted molar refractivity (Wildman–Crippen MR) is 130 cm³/mol. The molecule has 3 heterocycles. The van der Waals surface area contributed by atoms with E-state index < -0.39 is 10.0 Å². The molecule has 1 unspecified atom stereocenters. The highest BCUT2D eigenvalue weighted by molar-refractivity contribution is 8.00. The van der Waals surface area contributed by atoms with Crippen molar-refractivity contribution in [2.45, 2.75) is 23.0 Å². The van der Waals surface area contributed by atoms with Gasteiger partial charge < -0.3 is 10.3 Å². The number of para-hydroxylation sites is 1. The Kier molecular flexibility index (Phi) is 5.52. The number of anilines is 2. The van der Waals surface area contributed by atoms with Crippen LogP contribution in [0.3, 0.4) is 0 Å². The Labute approximate surface area is 191 Å². The van der Waals surface area contributed by atoms with Crippen LogP contribution in [-0.2, 0) is 22.9 Å². The lowest BCUT2D eigenvalue weighted by Crippen LogP contribution is -2.09. The van der Waals surface area contributed by atoms with Gasteiger partial charge in [0, 0.05) is 41.0 Å². The average molecular weight is 466 g/mol. The molecule has 0 saturated heterocycles. The van der Waals surface area contributed by atoms with Crippen LogP contribution < -0.4 is 10.0 Å². The smallest absolute Gasteiger partial charge is 0.229 e. The summed E-state index contributed by atoms with van der Waals surface area (Å²) in [6.07, 6.45) is 6.50. The second-order valence-corrected chi connectivity index (χ2v) is 10.8. The highest BCUT2D eigenvalue weighted by Gasteiger charge is 2.28. The third-order valence-electron chi connectivity index (χ3n) is 5.44. The molecular formula is C23H23N5O2S2. The Morgan fingerprint density at radius 2 is 2.03 bits per heavy atom. The number of fused-ring (bicyclic) bond motifs is 2. The first-order chi connectivity index (χ1) is 15.5. The molecule has 1 atom stereocenters. The van der Waals surface area contributed by atoms with Crippen molar-refractivity contribution in [3.05, 3.63) is 77.9 Å². The quantitative estimate of drug-likeness (QED) is 0.375.